The Bertz CT molecular complexity index is 417. The lowest BCUT2D eigenvalue weighted by Gasteiger charge is -2.11. The van der Waals surface area contributed by atoms with Crippen LogP contribution in [0.4, 0.5) is 4.79 Å². The SMILES string of the molecule is O=C1COC(=O)N1CCc1ccccc1Br. The van der Waals surface area contributed by atoms with Gasteiger partial charge in [-0.05, 0) is 18.1 Å². The number of carbonyl (C=O) groups excluding carboxylic acids is 2. The molecule has 0 N–H and O–H groups in total. The fourth-order valence-corrected chi connectivity index (χ4v) is 2.01. The molecule has 1 saturated heterocycles. The van der Waals surface area contributed by atoms with Gasteiger partial charge in [-0.25, -0.2) is 9.69 Å². The third kappa shape index (κ3) is 2.24. The summed E-state index contributed by atoms with van der Waals surface area (Å²) in [6.07, 6.45) is 0.0829. The zero-order valence-corrected chi connectivity index (χ0v) is 10.1. The molecule has 84 valence electrons. The van der Waals surface area contributed by atoms with Crippen molar-refractivity contribution < 1.29 is 14.3 Å². The minimum absolute atomic E-state index is 0.130. The summed E-state index contributed by atoms with van der Waals surface area (Å²) in [5.74, 6) is -0.267. The van der Waals surface area contributed by atoms with E-state index >= 15 is 0 Å². The van der Waals surface area contributed by atoms with Crippen LogP contribution >= 0.6 is 15.9 Å². The van der Waals surface area contributed by atoms with Gasteiger partial charge in [0.25, 0.3) is 5.91 Å². The minimum atomic E-state index is -0.544. The van der Waals surface area contributed by atoms with Crippen LogP contribution in [0.1, 0.15) is 5.56 Å². The fourth-order valence-electron chi connectivity index (χ4n) is 1.53. The Hall–Kier alpha value is -1.36. The number of benzene rings is 1. The molecule has 1 aliphatic rings. The van der Waals surface area contributed by atoms with E-state index in [1.165, 1.54) is 0 Å². The summed E-state index contributed by atoms with van der Waals surface area (Å²) in [6.45, 7) is 0.231. The van der Waals surface area contributed by atoms with Crippen molar-refractivity contribution in [2.75, 3.05) is 13.2 Å². The summed E-state index contributed by atoms with van der Waals surface area (Å²) in [5.41, 5.74) is 1.06. The monoisotopic (exact) mass is 283 g/mol. The van der Waals surface area contributed by atoms with E-state index in [-0.39, 0.29) is 12.5 Å². The van der Waals surface area contributed by atoms with Crippen LogP contribution in [-0.4, -0.2) is 30.1 Å². The van der Waals surface area contributed by atoms with Crippen LogP contribution in [0.25, 0.3) is 0 Å². The largest absolute Gasteiger partial charge is 0.439 e. The average molecular weight is 284 g/mol. The number of imide groups is 1. The highest BCUT2D eigenvalue weighted by molar-refractivity contribution is 9.10. The molecule has 4 nitrogen and oxygen atoms in total. The third-order valence-corrected chi connectivity index (χ3v) is 3.18. The zero-order valence-electron chi connectivity index (χ0n) is 8.48. The van der Waals surface area contributed by atoms with Gasteiger partial charge in [-0.2, -0.15) is 0 Å². The van der Waals surface area contributed by atoms with Crippen molar-refractivity contribution in [3.63, 3.8) is 0 Å². The summed E-state index contributed by atoms with van der Waals surface area (Å²) in [7, 11) is 0. The van der Waals surface area contributed by atoms with Gasteiger partial charge in [-0.1, -0.05) is 34.1 Å². The van der Waals surface area contributed by atoms with E-state index < -0.39 is 6.09 Å². The van der Waals surface area contributed by atoms with Gasteiger partial charge in [0, 0.05) is 11.0 Å². The number of cyclic esters (lactones) is 1. The summed E-state index contributed by atoms with van der Waals surface area (Å²) in [4.78, 5) is 23.6. The summed E-state index contributed by atoms with van der Waals surface area (Å²) in [5, 5.41) is 0. The molecule has 1 aliphatic heterocycles. The maximum Gasteiger partial charge on any atom is 0.417 e. The lowest BCUT2D eigenvalue weighted by molar-refractivity contribution is -0.125. The molecule has 0 spiro atoms. The molecule has 1 fully saturated rings. The van der Waals surface area contributed by atoms with Crippen LogP contribution in [-0.2, 0) is 16.0 Å². The first-order valence-electron chi connectivity index (χ1n) is 4.89. The summed E-state index contributed by atoms with van der Waals surface area (Å²) in [6, 6.07) is 7.72. The molecule has 0 radical (unpaired) electrons. The molecular formula is C11H10BrNO3. The third-order valence-electron chi connectivity index (χ3n) is 2.40. The number of carbonyl (C=O) groups is 2. The molecule has 16 heavy (non-hydrogen) atoms. The van der Waals surface area contributed by atoms with Gasteiger partial charge in [-0.15, -0.1) is 0 Å². The Morgan fingerprint density at radius 1 is 1.31 bits per heavy atom. The van der Waals surface area contributed by atoms with Crippen molar-refractivity contribution in [1.82, 2.24) is 4.90 Å². The summed E-state index contributed by atoms with van der Waals surface area (Å²) >= 11 is 3.42. The highest BCUT2D eigenvalue weighted by Crippen LogP contribution is 2.17. The van der Waals surface area contributed by atoms with E-state index in [9.17, 15) is 9.59 Å². The molecule has 1 aromatic carbocycles. The second-order valence-corrected chi connectivity index (χ2v) is 4.30. The fraction of sp³-hybridized carbons (Fsp3) is 0.273. The molecule has 0 saturated carbocycles. The van der Waals surface area contributed by atoms with Gasteiger partial charge in [-0.3, -0.25) is 4.79 Å². The maximum atomic E-state index is 11.3. The number of amides is 2. The predicted octanol–water partition coefficient (Wildman–Crippen LogP) is 1.97. The summed E-state index contributed by atoms with van der Waals surface area (Å²) < 4.78 is 5.60. The van der Waals surface area contributed by atoms with Crippen molar-refractivity contribution in [2.45, 2.75) is 6.42 Å². The highest BCUT2D eigenvalue weighted by atomic mass is 79.9. The molecule has 0 atom stereocenters. The van der Waals surface area contributed by atoms with E-state index in [0.29, 0.717) is 13.0 Å². The van der Waals surface area contributed by atoms with E-state index in [0.717, 1.165) is 14.9 Å². The molecule has 1 aromatic rings. The molecule has 0 aromatic heterocycles. The standard InChI is InChI=1S/C11H10BrNO3/c12-9-4-2-1-3-8(9)5-6-13-10(14)7-16-11(13)15/h1-4H,5-7H2. The lowest BCUT2D eigenvalue weighted by atomic mass is 10.1. The van der Waals surface area contributed by atoms with Crippen molar-refractivity contribution >= 4 is 27.9 Å². The minimum Gasteiger partial charge on any atom is -0.439 e. The van der Waals surface area contributed by atoms with Crippen LogP contribution in [0.5, 0.6) is 0 Å². The van der Waals surface area contributed by atoms with Crippen LogP contribution < -0.4 is 0 Å². The van der Waals surface area contributed by atoms with Crippen LogP contribution in [0, 0.1) is 0 Å². The molecule has 2 rings (SSSR count). The number of halogens is 1. The molecule has 0 aliphatic carbocycles. The van der Waals surface area contributed by atoms with Crippen LogP contribution in [0.15, 0.2) is 28.7 Å². The van der Waals surface area contributed by atoms with Gasteiger partial charge in [0.2, 0.25) is 0 Å². The first-order valence-corrected chi connectivity index (χ1v) is 5.68. The Morgan fingerprint density at radius 2 is 2.06 bits per heavy atom. The van der Waals surface area contributed by atoms with Gasteiger partial charge >= 0.3 is 6.09 Å². The predicted molar refractivity (Wildman–Crippen MR) is 60.9 cm³/mol. The maximum absolute atomic E-state index is 11.3. The second kappa shape index (κ2) is 4.65. The Morgan fingerprint density at radius 3 is 2.69 bits per heavy atom. The van der Waals surface area contributed by atoms with E-state index in [1.807, 2.05) is 24.3 Å². The topological polar surface area (TPSA) is 46.6 Å². The molecular weight excluding hydrogens is 274 g/mol. The normalized spacial score (nSPS) is 15.4. The number of ether oxygens (including phenoxy) is 1. The second-order valence-electron chi connectivity index (χ2n) is 3.44. The quantitative estimate of drug-likeness (QED) is 0.852. The molecule has 0 unspecified atom stereocenters. The Kier molecular flexibility index (Phi) is 3.24. The van der Waals surface area contributed by atoms with Gasteiger partial charge in [0.15, 0.2) is 6.61 Å². The van der Waals surface area contributed by atoms with Crippen molar-refractivity contribution in [2.24, 2.45) is 0 Å². The van der Waals surface area contributed by atoms with Gasteiger partial charge in [0.05, 0.1) is 0 Å². The number of rotatable bonds is 3. The first-order chi connectivity index (χ1) is 7.68. The number of hydrogen-bond donors (Lipinski definition) is 0. The van der Waals surface area contributed by atoms with Crippen LogP contribution in [0.2, 0.25) is 0 Å². The van der Waals surface area contributed by atoms with E-state index in [2.05, 4.69) is 20.7 Å². The highest BCUT2D eigenvalue weighted by Gasteiger charge is 2.30. The number of hydrogen-bond acceptors (Lipinski definition) is 3. The number of nitrogens with zero attached hydrogens (tertiary/aromatic N) is 1. The van der Waals surface area contributed by atoms with Gasteiger partial charge < -0.3 is 4.74 Å². The molecule has 2 amide bonds. The smallest absolute Gasteiger partial charge is 0.417 e. The molecule has 1 heterocycles. The van der Waals surface area contributed by atoms with Crippen molar-refractivity contribution in [1.29, 1.82) is 0 Å². The van der Waals surface area contributed by atoms with Gasteiger partial charge in [0.1, 0.15) is 0 Å². The van der Waals surface area contributed by atoms with E-state index in [1.54, 1.807) is 0 Å². The van der Waals surface area contributed by atoms with Crippen molar-refractivity contribution in [3.8, 4) is 0 Å². The molecule has 0 bridgehead atoms. The lowest BCUT2D eigenvalue weighted by Crippen LogP contribution is -2.31. The van der Waals surface area contributed by atoms with E-state index in [4.69, 9.17) is 0 Å². The molecule has 5 heteroatoms. The first kappa shape index (κ1) is 11.1. The Balaban J connectivity index is 2.00. The van der Waals surface area contributed by atoms with Crippen molar-refractivity contribution in [3.05, 3.63) is 34.3 Å². The average Bonchev–Trinajstić information content (AvgIpc) is 2.58. The zero-order chi connectivity index (χ0) is 11.5. The van der Waals surface area contributed by atoms with Crippen LogP contribution in [0.3, 0.4) is 0 Å². The Labute approximate surface area is 101 Å².